The Morgan fingerprint density at radius 1 is 1.35 bits per heavy atom. The van der Waals surface area contributed by atoms with Crippen LogP contribution in [0.5, 0.6) is 0 Å². The Morgan fingerprint density at radius 3 is 2.74 bits per heavy atom. The van der Waals surface area contributed by atoms with Gasteiger partial charge in [-0.1, -0.05) is 17.7 Å². The van der Waals surface area contributed by atoms with E-state index in [0.29, 0.717) is 11.4 Å². The van der Waals surface area contributed by atoms with E-state index in [1.54, 1.807) is 10.7 Å². The number of benzene rings is 1. The van der Waals surface area contributed by atoms with Gasteiger partial charge in [0.05, 0.1) is 16.6 Å². The lowest BCUT2D eigenvalue weighted by Crippen LogP contribution is -2.17. The highest BCUT2D eigenvalue weighted by Gasteiger charge is 2.33. The predicted octanol–water partition coefficient (Wildman–Crippen LogP) is 3.32. The van der Waals surface area contributed by atoms with Gasteiger partial charge in [-0.05, 0) is 26.0 Å². The Kier molecular flexibility index (Phi) is 4.25. The molecule has 1 amide bonds. The van der Waals surface area contributed by atoms with Crippen LogP contribution in [0.25, 0.3) is 0 Å². The zero-order valence-corrected chi connectivity index (χ0v) is 14.1. The molecule has 1 unspecified atom stereocenters. The zero-order valence-electron chi connectivity index (χ0n) is 12.5. The maximum atomic E-state index is 14.3. The fourth-order valence-corrected chi connectivity index (χ4v) is 4.14. The molecular formula is C15H15ClFN3O2S. The summed E-state index contributed by atoms with van der Waals surface area (Å²) in [4.78, 5) is 24.4. The molecular weight excluding hydrogens is 341 g/mol. The van der Waals surface area contributed by atoms with Crippen LogP contribution in [-0.2, 0) is 4.79 Å². The van der Waals surface area contributed by atoms with Crippen molar-refractivity contribution >= 4 is 35.1 Å². The van der Waals surface area contributed by atoms with Gasteiger partial charge >= 0.3 is 0 Å². The van der Waals surface area contributed by atoms with Crippen molar-refractivity contribution in [2.75, 3.05) is 11.1 Å². The molecule has 0 aliphatic carbocycles. The second kappa shape index (κ2) is 6.05. The molecule has 0 bridgehead atoms. The lowest BCUT2D eigenvalue weighted by Gasteiger charge is -2.16. The van der Waals surface area contributed by atoms with Crippen molar-refractivity contribution in [1.29, 1.82) is 0 Å². The van der Waals surface area contributed by atoms with Gasteiger partial charge in [0, 0.05) is 16.6 Å². The first-order valence-electron chi connectivity index (χ1n) is 7.10. The molecule has 122 valence electrons. The topological polar surface area (TPSA) is 66.9 Å². The summed E-state index contributed by atoms with van der Waals surface area (Å²) in [5.41, 5.74) is 0.193. The fraction of sp³-hybridized carbons (Fsp3) is 0.333. The van der Waals surface area contributed by atoms with Crippen LogP contribution in [0.15, 0.2) is 23.0 Å². The monoisotopic (exact) mass is 355 g/mol. The Hall–Kier alpha value is -1.73. The van der Waals surface area contributed by atoms with Gasteiger partial charge in [-0.2, -0.15) is 0 Å². The number of halogens is 2. The molecule has 1 aromatic carbocycles. The van der Waals surface area contributed by atoms with E-state index >= 15 is 0 Å². The molecule has 1 atom stereocenters. The van der Waals surface area contributed by atoms with E-state index < -0.39 is 11.1 Å². The van der Waals surface area contributed by atoms with Crippen molar-refractivity contribution in [3.63, 3.8) is 0 Å². The highest BCUT2D eigenvalue weighted by Crippen LogP contribution is 2.43. The summed E-state index contributed by atoms with van der Waals surface area (Å²) < 4.78 is 15.9. The average molecular weight is 356 g/mol. The normalized spacial score (nSPS) is 17.8. The molecule has 1 aromatic heterocycles. The van der Waals surface area contributed by atoms with Crippen LogP contribution < -0.4 is 10.9 Å². The first kappa shape index (κ1) is 16.1. The number of H-pyrrole nitrogens is 1. The second-order valence-electron chi connectivity index (χ2n) is 5.54. The van der Waals surface area contributed by atoms with Gasteiger partial charge in [0.15, 0.2) is 0 Å². The van der Waals surface area contributed by atoms with E-state index in [-0.39, 0.29) is 33.8 Å². The summed E-state index contributed by atoms with van der Waals surface area (Å²) in [5, 5.41) is 5.03. The number of fused-ring (bicyclic) bond motifs is 1. The second-order valence-corrected chi connectivity index (χ2v) is 7.04. The van der Waals surface area contributed by atoms with E-state index in [9.17, 15) is 14.0 Å². The van der Waals surface area contributed by atoms with Gasteiger partial charge in [0.25, 0.3) is 5.56 Å². The number of hydrogen-bond acceptors (Lipinski definition) is 3. The number of nitrogens with zero attached hydrogens (tertiary/aromatic N) is 1. The third kappa shape index (κ3) is 2.79. The van der Waals surface area contributed by atoms with Crippen molar-refractivity contribution in [3.8, 4) is 0 Å². The van der Waals surface area contributed by atoms with Crippen LogP contribution in [0.2, 0.25) is 5.02 Å². The van der Waals surface area contributed by atoms with Gasteiger partial charge in [0.2, 0.25) is 5.91 Å². The summed E-state index contributed by atoms with van der Waals surface area (Å²) in [6, 6.07) is 4.33. The summed E-state index contributed by atoms with van der Waals surface area (Å²) >= 11 is 7.35. The highest BCUT2D eigenvalue weighted by atomic mass is 35.5. The molecule has 0 radical (unpaired) electrons. The van der Waals surface area contributed by atoms with E-state index in [2.05, 4.69) is 10.4 Å². The van der Waals surface area contributed by atoms with Crippen molar-refractivity contribution in [2.45, 2.75) is 25.1 Å². The van der Waals surface area contributed by atoms with Gasteiger partial charge in [-0.3, -0.25) is 19.4 Å². The van der Waals surface area contributed by atoms with Gasteiger partial charge in [-0.15, -0.1) is 11.8 Å². The number of carbonyl (C=O) groups excluding carboxylic acids is 1. The van der Waals surface area contributed by atoms with Gasteiger partial charge in [-0.25, -0.2) is 4.39 Å². The summed E-state index contributed by atoms with van der Waals surface area (Å²) in [7, 11) is 0. The third-order valence-electron chi connectivity index (χ3n) is 3.64. The Morgan fingerprint density at radius 2 is 2.09 bits per heavy atom. The largest absolute Gasteiger partial charge is 0.310 e. The minimum atomic E-state index is -0.651. The summed E-state index contributed by atoms with van der Waals surface area (Å²) in [6.45, 7) is 3.76. The Labute approximate surface area is 141 Å². The molecule has 0 saturated heterocycles. The number of anilines is 1. The smallest absolute Gasteiger partial charge is 0.270 e. The summed E-state index contributed by atoms with van der Waals surface area (Å²) in [5.74, 6) is -0.238. The molecule has 1 aliphatic rings. The van der Waals surface area contributed by atoms with Crippen molar-refractivity contribution < 1.29 is 9.18 Å². The van der Waals surface area contributed by atoms with E-state index in [1.807, 2.05) is 13.8 Å². The molecule has 3 rings (SSSR count). The van der Waals surface area contributed by atoms with Gasteiger partial charge < -0.3 is 5.32 Å². The SMILES string of the molecule is CC(C)n1[nH]c(=O)c2c1NC(=O)CSC2c1c(F)cccc1Cl. The first-order chi connectivity index (χ1) is 10.9. The maximum absolute atomic E-state index is 14.3. The molecule has 1 aliphatic heterocycles. The number of hydrogen-bond donors (Lipinski definition) is 2. The lowest BCUT2D eigenvalue weighted by molar-refractivity contribution is -0.113. The predicted molar refractivity (Wildman–Crippen MR) is 89.8 cm³/mol. The quantitative estimate of drug-likeness (QED) is 0.868. The Bertz CT molecular complexity index is 810. The van der Waals surface area contributed by atoms with Crippen molar-refractivity contribution in [1.82, 2.24) is 9.78 Å². The van der Waals surface area contributed by atoms with Crippen LogP contribution in [0.1, 0.15) is 36.3 Å². The van der Waals surface area contributed by atoms with Gasteiger partial charge in [0.1, 0.15) is 11.6 Å². The Balaban J connectivity index is 2.26. The van der Waals surface area contributed by atoms with Crippen LogP contribution in [0.4, 0.5) is 10.2 Å². The van der Waals surface area contributed by atoms with Crippen LogP contribution in [0.3, 0.4) is 0 Å². The molecule has 0 saturated carbocycles. The number of rotatable bonds is 2. The highest BCUT2D eigenvalue weighted by molar-refractivity contribution is 8.00. The van der Waals surface area contributed by atoms with Crippen molar-refractivity contribution in [3.05, 3.63) is 50.5 Å². The number of nitrogens with one attached hydrogen (secondary N) is 2. The summed E-state index contributed by atoms with van der Waals surface area (Å²) in [6.07, 6.45) is 0. The van der Waals surface area contributed by atoms with E-state index in [1.165, 1.54) is 23.9 Å². The third-order valence-corrected chi connectivity index (χ3v) is 5.21. The fourth-order valence-electron chi connectivity index (χ4n) is 2.62. The minimum absolute atomic E-state index is 0.0633. The lowest BCUT2D eigenvalue weighted by atomic mass is 10.1. The number of amides is 1. The standard InChI is InChI=1S/C15H15ClFN3O2S/c1-7(2)20-14-12(15(22)19-20)13(23-6-10(21)18-14)11-8(16)4-3-5-9(11)17/h3-5,7,13H,6H2,1-2H3,(H,18,21)(H,19,22). The number of aromatic nitrogens is 2. The minimum Gasteiger partial charge on any atom is -0.310 e. The number of aromatic amines is 1. The number of carbonyl (C=O) groups is 1. The first-order valence-corrected chi connectivity index (χ1v) is 8.52. The van der Waals surface area contributed by atoms with Crippen LogP contribution in [-0.4, -0.2) is 21.4 Å². The zero-order chi connectivity index (χ0) is 16.7. The molecule has 8 heteroatoms. The maximum Gasteiger partial charge on any atom is 0.270 e. The average Bonchev–Trinajstić information content (AvgIpc) is 2.69. The molecule has 0 spiro atoms. The van der Waals surface area contributed by atoms with Crippen LogP contribution in [0, 0.1) is 5.82 Å². The molecule has 2 aromatic rings. The van der Waals surface area contributed by atoms with Crippen molar-refractivity contribution in [2.24, 2.45) is 0 Å². The number of thioether (sulfide) groups is 1. The molecule has 2 N–H and O–H groups in total. The van der Waals surface area contributed by atoms with E-state index in [4.69, 9.17) is 11.6 Å². The molecule has 23 heavy (non-hydrogen) atoms. The van der Waals surface area contributed by atoms with E-state index in [0.717, 1.165) is 0 Å². The molecule has 5 nitrogen and oxygen atoms in total. The molecule has 0 fully saturated rings. The molecule has 2 heterocycles. The van der Waals surface area contributed by atoms with Crippen LogP contribution >= 0.6 is 23.4 Å².